The number of aliphatic carboxylic acids is 1. The number of carboxylic acids is 1. The van der Waals surface area contributed by atoms with Crippen LogP contribution < -0.4 is 5.32 Å². The Morgan fingerprint density at radius 2 is 2.27 bits per heavy atom. The van der Waals surface area contributed by atoms with E-state index in [1.54, 1.807) is 12.1 Å². The second-order valence-corrected chi connectivity index (χ2v) is 3.91. The van der Waals surface area contributed by atoms with Crippen molar-refractivity contribution in [2.24, 2.45) is 0 Å². The fourth-order valence-electron chi connectivity index (χ4n) is 1.08. The molecule has 5 heteroatoms. The predicted molar refractivity (Wildman–Crippen MR) is 59.5 cm³/mol. The molecule has 0 aliphatic carbocycles. The summed E-state index contributed by atoms with van der Waals surface area (Å²) in [6, 6.07) is 4.58. The summed E-state index contributed by atoms with van der Waals surface area (Å²) in [4.78, 5) is 10.2. The molecule has 0 atom stereocenters. The molecule has 0 fully saturated rings. The highest BCUT2D eigenvalue weighted by Crippen LogP contribution is 2.19. The van der Waals surface area contributed by atoms with Gasteiger partial charge < -0.3 is 10.4 Å². The molecule has 1 aromatic carbocycles. The molecule has 0 aromatic heterocycles. The molecule has 0 heterocycles. The van der Waals surface area contributed by atoms with Crippen molar-refractivity contribution in [2.45, 2.75) is 12.8 Å². The van der Waals surface area contributed by atoms with Gasteiger partial charge in [0.25, 0.3) is 0 Å². The second kappa shape index (κ2) is 5.70. The molecule has 82 valence electrons. The number of hydrogen-bond donors (Lipinski definition) is 2. The van der Waals surface area contributed by atoms with Crippen LogP contribution in [0.15, 0.2) is 22.7 Å². The fraction of sp³-hybridized carbons (Fsp3) is 0.300. The van der Waals surface area contributed by atoms with Gasteiger partial charge in [-0.3, -0.25) is 4.79 Å². The highest BCUT2D eigenvalue weighted by molar-refractivity contribution is 9.10. The van der Waals surface area contributed by atoms with Crippen molar-refractivity contribution in [3.8, 4) is 0 Å². The van der Waals surface area contributed by atoms with E-state index in [1.165, 1.54) is 6.07 Å². The van der Waals surface area contributed by atoms with Crippen LogP contribution in [-0.4, -0.2) is 17.6 Å². The van der Waals surface area contributed by atoms with Crippen LogP contribution in [0.2, 0.25) is 0 Å². The Morgan fingerprint density at radius 3 is 2.87 bits per heavy atom. The minimum Gasteiger partial charge on any atom is -0.481 e. The van der Waals surface area contributed by atoms with Crippen molar-refractivity contribution in [3.63, 3.8) is 0 Å². The van der Waals surface area contributed by atoms with Crippen molar-refractivity contribution >= 4 is 27.6 Å². The van der Waals surface area contributed by atoms with E-state index < -0.39 is 5.97 Å². The largest absolute Gasteiger partial charge is 0.481 e. The minimum absolute atomic E-state index is 0.134. The lowest BCUT2D eigenvalue weighted by atomic mass is 10.3. The summed E-state index contributed by atoms with van der Waals surface area (Å²) in [5, 5.41) is 11.4. The quantitative estimate of drug-likeness (QED) is 0.813. The number of halogens is 2. The van der Waals surface area contributed by atoms with Crippen LogP contribution in [0.5, 0.6) is 0 Å². The Bertz CT molecular complexity index is 357. The first-order chi connectivity index (χ1) is 7.09. The first-order valence-electron chi connectivity index (χ1n) is 4.50. The number of benzene rings is 1. The molecule has 0 bridgehead atoms. The zero-order chi connectivity index (χ0) is 11.3. The van der Waals surface area contributed by atoms with Gasteiger partial charge in [0.2, 0.25) is 0 Å². The third kappa shape index (κ3) is 4.29. The summed E-state index contributed by atoms with van der Waals surface area (Å²) in [5.41, 5.74) is 0.772. The lowest BCUT2D eigenvalue weighted by Crippen LogP contribution is -2.04. The first-order valence-corrected chi connectivity index (χ1v) is 5.29. The Labute approximate surface area is 95.4 Å². The summed E-state index contributed by atoms with van der Waals surface area (Å²) in [6.45, 7) is 0.560. The Balaban J connectivity index is 2.38. The van der Waals surface area contributed by atoms with Crippen LogP contribution in [0.25, 0.3) is 0 Å². The molecule has 0 saturated heterocycles. The maximum absolute atomic E-state index is 12.8. The van der Waals surface area contributed by atoms with Gasteiger partial charge >= 0.3 is 5.97 Å². The number of anilines is 1. The highest BCUT2D eigenvalue weighted by atomic mass is 79.9. The molecule has 0 unspecified atom stereocenters. The molecule has 0 amide bonds. The van der Waals surface area contributed by atoms with Crippen molar-refractivity contribution < 1.29 is 14.3 Å². The van der Waals surface area contributed by atoms with Gasteiger partial charge in [0.1, 0.15) is 5.82 Å². The zero-order valence-electron chi connectivity index (χ0n) is 7.96. The van der Waals surface area contributed by atoms with Gasteiger partial charge in [0, 0.05) is 18.7 Å². The van der Waals surface area contributed by atoms with Crippen molar-refractivity contribution in [2.75, 3.05) is 11.9 Å². The third-order valence-corrected chi connectivity index (χ3v) is 2.42. The van der Waals surface area contributed by atoms with Crippen LogP contribution in [0.1, 0.15) is 12.8 Å². The first kappa shape index (κ1) is 12.0. The van der Waals surface area contributed by atoms with Gasteiger partial charge in [-0.2, -0.15) is 0 Å². The molecule has 1 rings (SSSR count). The van der Waals surface area contributed by atoms with E-state index in [0.717, 1.165) is 5.69 Å². The van der Waals surface area contributed by atoms with Gasteiger partial charge in [0.05, 0.1) is 4.47 Å². The summed E-state index contributed by atoms with van der Waals surface area (Å²) in [5.74, 6) is -1.12. The number of carboxylic acid groups (broad SMARTS) is 1. The molecule has 0 saturated carbocycles. The average Bonchev–Trinajstić information content (AvgIpc) is 2.18. The lowest BCUT2D eigenvalue weighted by molar-refractivity contribution is -0.137. The topological polar surface area (TPSA) is 49.3 Å². The Morgan fingerprint density at radius 1 is 1.53 bits per heavy atom. The maximum atomic E-state index is 12.8. The number of carbonyl (C=O) groups is 1. The van der Waals surface area contributed by atoms with E-state index >= 15 is 0 Å². The fourth-order valence-corrected chi connectivity index (χ4v) is 1.46. The van der Waals surface area contributed by atoms with E-state index in [1.807, 2.05) is 0 Å². The molecule has 0 aliphatic rings. The maximum Gasteiger partial charge on any atom is 0.303 e. The molecular weight excluding hydrogens is 265 g/mol. The van der Waals surface area contributed by atoms with Gasteiger partial charge in [-0.05, 0) is 40.5 Å². The zero-order valence-corrected chi connectivity index (χ0v) is 9.55. The molecule has 1 aromatic rings. The second-order valence-electron chi connectivity index (χ2n) is 3.05. The smallest absolute Gasteiger partial charge is 0.303 e. The minimum atomic E-state index is -0.808. The number of rotatable bonds is 5. The average molecular weight is 276 g/mol. The molecule has 0 aliphatic heterocycles. The number of hydrogen-bond acceptors (Lipinski definition) is 2. The molecule has 15 heavy (non-hydrogen) atoms. The molecule has 0 spiro atoms. The SMILES string of the molecule is O=C(O)CCCNc1ccc(F)c(Br)c1. The van der Waals surface area contributed by atoms with Gasteiger partial charge in [0.15, 0.2) is 0 Å². The predicted octanol–water partition coefficient (Wildman–Crippen LogP) is 2.86. The number of nitrogens with one attached hydrogen (secondary N) is 1. The lowest BCUT2D eigenvalue weighted by Gasteiger charge is -2.05. The summed E-state index contributed by atoms with van der Waals surface area (Å²) in [7, 11) is 0. The van der Waals surface area contributed by atoms with E-state index in [4.69, 9.17) is 5.11 Å². The van der Waals surface area contributed by atoms with Gasteiger partial charge in [-0.25, -0.2) is 4.39 Å². The molecule has 2 N–H and O–H groups in total. The monoisotopic (exact) mass is 275 g/mol. The summed E-state index contributed by atoms with van der Waals surface area (Å²) in [6.07, 6.45) is 0.680. The van der Waals surface area contributed by atoms with Crippen LogP contribution in [0, 0.1) is 5.82 Å². The van der Waals surface area contributed by atoms with Gasteiger partial charge in [-0.15, -0.1) is 0 Å². The van der Waals surface area contributed by atoms with E-state index in [2.05, 4.69) is 21.2 Å². The molecule has 0 radical (unpaired) electrons. The third-order valence-electron chi connectivity index (χ3n) is 1.82. The van der Waals surface area contributed by atoms with Crippen LogP contribution in [0.3, 0.4) is 0 Å². The summed E-state index contributed by atoms with van der Waals surface area (Å²) >= 11 is 3.07. The van der Waals surface area contributed by atoms with E-state index in [0.29, 0.717) is 17.4 Å². The van der Waals surface area contributed by atoms with Crippen molar-refractivity contribution in [1.29, 1.82) is 0 Å². The van der Waals surface area contributed by atoms with Crippen LogP contribution >= 0.6 is 15.9 Å². The molecular formula is C10H11BrFNO2. The normalized spacial score (nSPS) is 10.0. The van der Waals surface area contributed by atoms with Crippen LogP contribution in [0.4, 0.5) is 10.1 Å². The van der Waals surface area contributed by atoms with Gasteiger partial charge in [-0.1, -0.05) is 0 Å². The van der Waals surface area contributed by atoms with Crippen molar-refractivity contribution in [3.05, 3.63) is 28.5 Å². The molecule has 3 nitrogen and oxygen atoms in total. The summed E-state index contributed by atoms with van der Waals surface area (Å²) < 4.78 is 13.2. The Kier molecular flexibility index (Phi) is 4.55. The standard InChI is InChI=1S/C10H11BrFNO2/c11-8-6-7(3-4-9(8)12)13-5-1-2-10(14)15/h3-4,6,13H,1-2,5H2,(H,14,15). The van der Waals surface area contributed by atoms with E-state index in [9.17, 15) is 9.18 Å². The van der Waals surface area contributed by atoms with E-state index in [-0.39, 0.29) is 12.2 Å². The Hall–Kier alpha value is -1.10. The highest BCUT2D eigenvalue weighted by Gasteiger charge is 2.00. The van der Waals surface area contributed by atoms with Crippen molar-refractivity contribution in [1.82, 2.24) is 0 Å². The van der Waals surface area contributed by atoms with Crippen LogP contribution in [-0.2, 0) is 4.79 Å².